The molecule has 1 aromatic carbocycles. The number of hydrogen-bond acceptors (Lipinski definition) is 4. The normalized spacial score (nSPS) is 10.3. The van der Waals surface area contributed by atoms with Gasteiger partial charge in [0.05, 0.1) is 0 Å². The lowest BCUT2D eigenvalue weighted by Crippen LogP contribution is -2.18. The lowest BCUT2D eigenvalue weighted by Gasteiger charge is -2.09. The van der Waals surface area contributed by atoms with Gasteiger partial charge in [-0.3, -0.25) is 4.98 Å². The van der Waals surface area contributed by atoms with E-state index in [1.807, 2.05) is 48.7 Å². The Morgan fingerprint density at radius 2 is 1.75 bits per heavy atom. The molecule has 0 aliphatic heterocycles. The summed E-state index contributed by atoms with van der Waals surface area (Å²) in [5, 5.41) is 10.1. The first-order valence-electron chi connectivity index (χ1n) is 8.56. The van der Waals surface area contributed by atoms with E-state index in [4.69, 9.17) is 0 Å². The molecule has 4 rings (SSSR count). The molecule has 0 atom stereocenters. The van der Waals surface area contributed by atoms with E-state index in [1.54, 1.807) is 16.8 Å². The fourth-order valence-electron chi connectivity index (χ4n) is 3.00. The van der Waals surface area contributed by atoms with Crippen LogP contribution in [0.15, 0.2) is 71.9 Å². The molecule has 0 aliphatic rings. The molecule has 3 aromatic heterocycles. The zero-order chi connectivity index (χ0) is 17.8. The number of aromatic nitrogens is 4. The first-order valence-corrected chi connectivity index (χ1v) is 8.56. The van der Waals surface area contributed by atoms with E-state index in [0.717, 1.165) is 29.7 Å². The fourth-order valence-corrected chi connectivity index (χ4v) is 3.00. The van der Waals surface area contributed by atoms with Gasteiger partial charge in [0.2, 0.25) is 0 Å². The average molecular weight is 418 g/mol. The largest absolute Gasteiger partial charge is 0.347 e. The molecule has 2 N–H and O–H groups in total. The summed E-state index contributed by atoms with van der Waals surface area (Å²) in [6.07, 6.45) is 6.36. The van der Waals surface area contributed by atoms with Crippen molar-refractivity contribution in [3.8, 4) is 11.1 Å². The van der Waals surface area contributed by atoms with Crippen molar-refractivity contribution in [3.05, 3.63) is 88.7 Å². The van der Waals surface area contributed by atoms with Crippen LogP contribution >= 0.6 is 24.8 Å². The standard InChI is InChI=1S/C20H19N5O.2ClH/c26-20-24-23-19-17(13-22-11-8-15-6-9-21-10-7-15)12-18(14-25(19)20)16-4-2-1-3-5-16;;/h1-7,9-10,12,14,22H,8,11,13H2,(H,24,26);2*1H. The van der Waals surface area contributed by atoms with Gasteiger partial charge in [0, 0.05) is 30.7 Å². The second-order valence-electron chi connectivity index (χ2n) is 6.12. The third-order valence-electron chi connectivity index (χ3n) is 4.35. The lowest BCUT2D eigenvalue weighted by molar-refractivity contribution is 0.687. The Labute approximate surface area is 174 Å². The molecule has 6 nitrogen and oxygen atoms in total. The minimum absolute atomic E-state index is 0. The molecule has 28 heavy (non-hydrogen) atoms. The van der Waals surface area contributed by atoms with Crippen LogP contribution in [0.25, 0.3) is 16.8 Å². The second-order valence-corrected chi connectivity index (χ2v) is 6.12. The minimum atomic E-state index is -0.226. The SMILES string of the molecule is Cl.Cl.O=c1[nH]nc2c(CNCCc3ccncc3)cc(-c3ccccc3)cn12. The summed E-state index contributed by atoms with van der Waals surface area (Å²) < 4.78 is 1.57. The maximum Gasteiger partial charge on any atom is 0.347 e. The van der Waals surface area contributed by atoms with Gasteiger partial charge in [-0.05, 0) is 47.9 Å². The molecule has 3 heterocycles. The summed E-state index contributed by atoms with van der Waals surface area (Å²) in [6, 6.07) is 16.2. The molecule has 0 unspecified atom stereocenters. The summed E-state index contributed by atoms with van der Waals surface area (Å²) in [5.41, 5.74) is 4.72. The number of nitrogens with zero attached hydrogens (tertiary/aromatic N) is 3. The molecule has 0 aliphatic carbocycles. The van der Waals surface area contributed by atoms with Crippen molar-refractivity contribution in [2.24, 2.45) is 0 Å². The van der Waals surface area contributed by atoms with Gasteiger partial charge in [-0.25, -0.2) is 14.3 Å². The van der Waals surface area contributed by atoms with Gasteiger partial charge in [-0.15, -0.1) is 24.8 Å². The quantitative estimate of drug-likeness (QED) is 0.472. The van der Waals surface area contributed by atoms with Crippen molar-refractivity contribution in [2.45, 2.75) is 13.0 Å². The van der Waals surface area contributed by atoms with Crippen LogP contribution in [0.5, 0.6) is 0 Å². The molecule has 0 spiro atoms. The van der Waals surface area contributed by atoms with Crippen molar-refractivity contribution >= 4 is 30.5 Å². The van der Waals surface area contributed by atoms with E-state index in [1.165, 1.54) is 5.56 Å². The predicted molar refractivity (Wildman–Crippen MR) is 115 cm³/mol. The van der Waals surface area contributed by atoms with Gasteiger partial charge in [0.15, 0.2) is 5.65 Å². The smallest absolute Gasteiger partial charge is 0.312 e. The molecular weight excluding hydrogens is 397 g/mol. The van der Waals surface area contributed by atoms with Gasteiger partial charge < -0.3 is 5.32 Å². The number of rotatable bonds is 6. The monoisotopic (exact) mass is 417 g/mol. The van der Waals surface area contributed by atoms with Gasteiger partial charge in [-0.1, -0.05) is 30.3 Å². The number of aromatic amines is 1. The highest BCUT2D eigenvalue weighted by atomic mass is 35.5. The molecule has 0 amide bonds. The molecular formula is C20H21Cl2N5O. The Morgan fingerprint density at radius 3 is 2.50 bits per heavy atom. The summed E-state index contributed by atoms with van der Waals surface area (Å²) in [5.74, 6) is 0. The highest BCUT2D eigenvalue weighted by molar-refractivity contribution is 5.85. The van der Waals surface area contributed by atoms with E-state index in [-0.39, 0.29) is 30.5 Å². The van der Waals surface area contributed by atoms with Crippen LogP contribution in [0.4, 0.5) is 0 Å². The van der Waals surface area contributed by atoms with Gasteiger partial charge in [-0.2, -0.15) is 5.10 Å². The Morgan fingerprint density at radius 1 is 1.00 bits per heavy atom. The molecule has 0 radical (unpaired) electrons. The second kappa shape index (κ2) is 10.0. The van der Waals surface area contributed by atoms with Crippen molar-refractivity contribution in [3.63, 3.8) is 0 Å². The van der Waals surface area contributed by atoms with Crippen molar-refractivity contribution in [1.82, 2.24) is 24.9 Å². The third-order valence-corrected chi connectivity index (χ3v) is 4.35. The van der Waals surface area contributed by atoms with Crippen LogP contribution in [-0.4, -0.2) is 26.1 Å². The number of benzene rings is 1. The van der Waals surface area contributed by atoms with Crippen LogP contribution in [0.3, 0.4) is 0 Å². The van der Waals surface area contributed by atoms with E-state index >= 15 is 0 Å². The van der Waals surface area contributed by atoms with E-state index in [2.05, 4.69) is 26.6 Å². The predicted octanol–water partition coefficient (Wildman–Crippen LogP) is 3.26. The fraction of sp³-hybridized carbons (Fsp3) is 0.150. The highest BCUT2D eigenvalue weighted by Crippen LogP contribution is 2.21. The number of halogens is 2. The van der Waals surface area contributed by atoms with Gasteiger partial charge in [0.1, 0.15) is 0 Å². The van der Waals surface area contributed by atoms with Gasteiger partial charge >= 0.3 is 5.69 Å². The Bertz CT molecular complexity index is 1060. The topological polar surface area (TPSA) is 75.1 Å². The Hall–Kier alpha value is -2.67. The first-order chi connectivity index (χ1) is 12.8. The zero-order valence-corrected chi connectivity index (χ0v) is 16.7. The Kier molecular flexibility index (Phi) is 7.75. The maximum atomic E-state index is 12.0. The number of pyridine rings is 2. The molecule has 0 fully saturated rings. The molecule has 4 aromatic rings. The van der Waals surface area contributed by atoms with Crippen LogP contribution in [0.1, 0.15) is 11.1 Å². The first kappa shape index (κ1) is 21.6. The number of hydrogen-bond donors (Lipinski definition) is 2. The van der Waals surface area contributed by atoms with Gasteiger partial charge in [0.25, 0.3) is 0 Å². The lowest BCUT2D eigenvalue weighted by atomic mass is 10.1. The minimum Gasteiger partial charge on any atom is -0.312 e. The Balaban J connectivity index is 0.00000140. The molecule has 0 saturated heterocycles. The summed E-state index contributed by atoms with van der Waals surface area (Å²) in [4.78, 5) is 16.1. The van der Waals surface area contributed by atoms with Crippen LogP contribution in [-0.2, 0) is 13.0 Å². The molecule has 146 valence electrons. The number of H-pyrrole nitrogens is 1. The van der Waals surface area contributed by atoms with Crippen molar-refractivity contribution in [1.29, 1.82) is 0 Å². The van der Waals surface area contributed by atoms with E-state index in [0.29, 0.717) is 12.2 Å². The van der Waals surface area contributed by atoms with E-state index in [9.17, 15) is 4.79 Å². The maximum absolute atomic E-state index is 12.0. The van der Waals surface area contributed by atoms with Crippen LogP contribution < -0.4 is 11.0 Å². The third kappa shape index (κ3) is 4.78. The zero-order valence-electron chi connectivity index (χ0n) is 15.0. The van der Waals surface area contributed by atoms with Crippen molar-refractivity contribution < 1.29 is 0 Å². The molecule has 0 saturated carbocycles. The van der Waals surface area contributed by atoms with Crippen LogP contribution in [0.2, 0.25) is 0 Å². The number of nitrogens with one attached hydrogen (secondary N) is 2. The summed E-state index contributed by atoms with van der Waals surface area (Å²) in [6.45, 7) is 1.47. The molecule has 0 bridgehead atoms. The van der Waals surface area contributed by atoms with Crippen molar-refractivity contribution in [2.75, 3.05) is 6.54 Å². The summed E-state index contributed by atoms with van der Waals surface area (Å²) in [7, 11) is 0. The average Bonchev–Trinajstić information content (AvgIpc) is 3.08. The number of fused-ring (bicyclic) bond motifs is 1. The summed E-state index contributed by atoms with van der Waals surface area (Å²) >= 11 is 0. The van der Waals surface area contributed by atoms with E-state index < -0.39 is 0 Å². The van der Waals surface area contributed by atoms with Crippen LogP contribution in [0, 0.1) is 0 Å². The highest BCUT2D eigenvalue weighted by Gasteiger charge is 2.10. The molecule has 8 heteroatoms.